The van der Waals surface area contributed by atoms with Crippen molar-refractivity contribution >= 4 is 5.69 Å². The van der Waals surface area contributed by atoms with E-state index >= 15 is 0 Å². The van der Waals surface area contributed by atoms with Gasteiger partial charge >= 0.3 is 0 Å². The molecule has 0 aliphatic heterocycles. The van der Waals surface area contributed by atoms with E-state index in [1.165, 1.54) is 16.8 Å². The minimum Gasteiger partial charge on any atom is -0.372 e. The Bertz CT molecular complexity index is 515. The van der Waals surface area contributed by atoms with Crippen molar-refractivity contribution in [2.24, 2.45) is 0 Å². The highest BCUT2D eigenvalue weighted by molar-refractivity contribution is 5.47. The summed E-state index contributed by atoms with van der Waals surface area (Å²) >= 11 is 0. The topological polar surface area (TPSA) is 15.3 Å². The van der Waals surface area contributed by atoms with E-state index in [0.717, 1.165) is 19.6 Å². The van der Waals surface area contributed by atoms with Crippen LogP contribution < -0.4 is 10.2 Å². The lowest BCUT2D eigenvalue weighted by Crippen LogP contribution is -2.22. The summed E-state index contributed by atoms with van der Waals surface area (Å²) in [4.78, 5) is 2.36. The maximum atomic E-state index is 3.58. The molecular formula is C19H26N2. The lowest BCUT2D eigenvalue weighted by molar-refractivity contribution is 0.575. The molecule has 2 nitrogen and oxygen atoms in total. The van der Waals surface area contributed by atoms with Crippen LogP contribution in [-0.2, 0) is 6.54 Å². The Hall–Kier alpha value is -1.80. The van der Waals surface area contributed by atoms with Gasteiger partial charge in [0.2, 0.25) is 0 Å². The Labute approximate surface area is 128 Å². The Morgan fingerprint density at radius 1 is 0.905 bits per heavy atom. The molecule has 0 radical (unpaired) electrons. The number of rotatable bonds is 7. The minimum absolute atomic E-state index is 0.369. The summed E-state index contributed by atoms with van der Waals surface area (Å²) in [5.74, 6) is 0. The van der Waals surface area contributed by atoms with Crippen LogP contribution in [0, 0.1) is 0 Å². The van der Waals surface area contributed by atoms with Gasteiger partial charge in [0, 0.05) is 31.4 Å². The highest BCUT2D eigenvalue weighted by atomic mass is 15.1. The van der Waals surface area contributed by atoms with Crippen molar-refractivity contribution in [2.45, 2.75) is 33.4 Å². The first-order valence-electron chi connectivity index (χ1n) is 7.86. The molecule has 0 amide bonds. The van der Waals surface area contributed by atoms with Crippen molar-refractivity contribution in [3.05, 3.63) is 65.7 Å². The van der Waals surface area contributed by atoms with E-state index in [-0.39, 0.29) is 0 Å². The zero-order valence-corrected chi connectivity index (χ0v) is 13.3. The minimum atomic E-state index is 0.369. The Balaban J connectivity index is 1.92. The van der Waals surface area contributed by atoms with E-state index < -0.39 is 0 Å². The monoisotopic (exact) mass is 282 g/mol. The second-order valence-electron chi connectivity index (χ2n) is 5.35. The number of nitrogens with one attached hydrogen (secondary N) is 1. The van der Waals surface area contributed by atoms with Crippen LogP contribution in [0.2, 0.25) is 0 Å². The predicted octanol–water partition coefficient (Wildman–Crippen LogP) is 4.38. The lowest BCUT2D eigenvalue weighted by atomic mass is 10.1. The molecule has 2 heteroatoms. The highest BCUT2D eigenvalue weighted by Gasteiger charge is 2.05. The summed E-state index contributed by atoms with van der Waals surface area (Å²) in [6, 6.07) is 19.8. The van der Waals surface area contributed by atoms with Crippen LogP contribution in [-0.4, -0.2) is 13.1 Å². The first kappa shape index (κ1) is 15.6. The SMILES string of the molecule is CCN(CC)c1ccc(CN[C@@H](C)c2ccccc2)cc1. The standard InChI is InChI=1S/C19H26N2/c1-4-21(5-2)19-13-11-17(12-14-19)15-20-16(3)18-9-7-6-8-10-18/h6-14,16,20H,4-5,15H2,1-3H3/t16-/m0/s1. The average molecular weight is 282 g/mol. The molecule has 0 fully saturated rings. The van der Waals surface area contributed by atoms with Gasteiger partial charge in [-0.3, -0.25) is 0 Å². The van der Waals surface area contributed by atoms with Crippen LogP contribution in [0.15, 0.2) is 54.6 Å². The third-order valence-electron chi connectivity index (χ3n) is 3.98. The van der Waals surface area contributed by atoms with Gasteiger partial charge in [0.05, 0.1) is 0 Å². The maximum Gasteiger partial charge on any atom is 0.0366 e. The third-order valence-corrected chi connectivity index (χ3v) is 3.98. The number of hydrogen-bond donors (Lipinski definition) is 1. The molecule has 0 aromatic heterocycles. The molecule has 2 rings (SSSR count). The summed E-state index contributed by atoms with van der Waals surface area (Å²) in [6.45, 7) is 9.60. The molecule has 1 atom stereocenters. The van der Waals surface area contributed by atoms with Crippen molar-refractivity contribution in [3.63, 3.8) is 0 Å². The molecule has 0 saturated heterocycles. The van der Waals surface area contributed by atoms with Crippen LogP contribution in [0.5, 0.6) is 0 Å². The average Bonchev–Trinajstić information content (AvgIpc) is 2.55. The Morgan fingerprint density at radius 3 is 2.10 bits per heavy atom. The van der Waals surface area contributed by atoms with Crippen LogP contribution in [0.4, 0.5) is 5.69 Å². The predicted molar refractivity (Wildman–Crippen MR) is 91.7 cm³/mol. The van der Waals surface area contributed by atoms with Gasteiger partial charge in [0.15, 0.2) is 0 Å². The fraction of sp³-hybridized carbons (Fsp3) is 0.368. The molecule has 0 aliphatic rings. The zero-order chi connectivity index (χ0) is 15.1. The fourth-order valence-corrected chi connectivity index (χ4v) is 2.54. The van der Waals surface area contributed by atoms with E-state index in [1.54, 1.807) is 0 Å². The van der Waals surface area contributed by atoms with E-state index in [4.69, 9.17) is 0 Å². The van der Waals surface area contributed by atoms with Gasteiger partial charge in [-0.2, -0.15) is 0 Å². The van der Waals surface area contributed by atoms with Crippen molar-refractivity contribution in [2.75, 3.05) is 18.0 Å². The molecule has 2 aromatic carbocycles. The first-order chi connectivity index (χ1) is 10.2. The molecule has 0 saturated carbocycles. The zero-order valence-electron chi connectivity index (χ0n) is 13.3. The summed E-state index contributed by atoms with van der Waals surface area (Å²) in [5.41, 5.74) is 3.96. The Morgan fingerprint density at radius 2 is 1.52 bits per heavy atom. The molecule has 0 unspecified atom stereocenters. The number of hydrogen-bond acceptors (Lipinski definition) is 2. The van der Waals surface area contributed by atoms with Gasteiger partial charge in [0.25, 0.3) is 0 Å². The molecule has 0 aliphatic carbocycles. The smallest absolute Gasteiger partial charge is 0.0366 e. The fourth-order valence-electron chi connectivity index (χ4n) is 2.54. The summed E-state index contributed by atoms with van der Waals surface area (Å²) in [6.07, 6.45) is 0. The van der Waals surface area contributed by atoms with Gasteiger partial charge in [-0.25, -0.2) is 0 Å². The van der Waals surface area contributed by atoms with Crippen LogP contribution >= 0.6 is 0 Å². The third kappa shape index (κ3) is 4.33. The van der Waals surface area contributed by atoms with Crippen molar-refractivity contribution in [3.8, 4) is 0 Å². The molecule has 112 valence electrons. The molecule has 0 bridgehead atoms. The van der Waals surface area contributed by atoms with E-state index in [0.29, 0.717) is 6.04 Å². The number of benzene rings is 2. The quantitative estimate of drug-likeness (QED) is 0.810. The van der Waals surface area contributed by atoms with Crippen LogP contribution in [0.3, 0.4) is 0 Å². The molecule has 21 heavy (non-hydrogen) atoms. The summed E-state index contributed by atoms with van der Waals surface area (Å²) in [7, 11) is 0. The van der Waals surface area contributed by atoms with Gasteiger partial charge < -0.3 is 10.2 Å². The lowest BCUT2D eigenvalue weighted by Gasteiger charge is -2.21. The maximum absolute atomic E-state index is 3.58. The second-order valence-corrected chi connectivity index (χ2v) is 5.35. The Kier molecular flexibility index (Phi) is 5.82. The van der Waals surface area contributed by atoms with Gasteiger partial charge in [-0.1, -0.05) is 42.5 Å². The highest BCUT2D eigenvalue weighted by Crippen LogP contribution is 2.16. The van der Waals surface area contributed by atoms with Crippen molar-refractivity contribution < 1.29 is 0 Å². The van der Waals surface area contributed by atoms with Gasteiger partial charge in [-0.15, -0.1) is 0 Å². The van der Waals surface area contributed by atoms with E-state index in [9.17, 15) is 0 Å². The summed E-state index contributed by atoms with van der Waals surface area (Å²) in [5, 5.41) is 3.58. The van der Waals surface area contributed by atoms with Crippen LogP contribution in [0.25, 0.3) is 0 Å². The largest absolute Gasteiger partial charge is 0.372 e. The van der Waals surface area contributed by atoms with Gasteiger partial charge in [0.1, 0.15) is 0 Å². The molecule has 0 heterocycles. The first-order valence-corrected chi connectivity index (χ1v) is 7.86. The molecular weight excluding hydrogens is 256 g/mol. The second kappa shape index (κ2) is 7.84. The molecule has 0 spiro atoms. The van der Waals surface area contributed by atoms with E-state index in [1.807, 2.05) is 0 Å². The number of nitrogens with zero attached hydrogens (tertiary/aromatic N) is 1. The molecule has 1 N–H and O–H groups in total. The normalized spacial score (nSPS) is 12.1. The van der Waals surface area contributed by atoms with Crippen molar-refractivity contribution in [1.29, 1.82) is 0 Å². The van der Waals surface area contributed by atoms with E-state index in [2.05, 4.69) is 85.6 Å². The van der Waals surface area contributed by atoms with Crippen molar-refractivity contribution in [1.82, 2.24) is 5.32 Å². The van der Waals surface area contributed by atoms with Gasteiger partial charge in [-0.05, 0) is 44.0 Å². The number of anilines is 1. The molecule has 2 aromatic rings. The van der Waals surface area contributed by atoms with Crippen LogP contribution in [0.1, 0.15) is 37.9 Å². The summed E-state index contributed by atoms with van der Waals surface area (Å²) < 4.78 is 0.